The Morgan fingerprint density at radius 1 is 1.18 bits per heavy atom. The van der Waals surface area contributed by atoms with Crippen molar-refractivity contribution in [3.05, 3.63) is 29.3 Å². The van der Waals surface area contributed by atoms with Crippen molar-refractivity contribution in [1.29, 1.82) is 0 Å². The summed E-state index contributed by atoms with van der Waals surface area (Å²) in [5.74, 6) is 0.134. The highest BCUT2D eigenvalue weighted by molar-refractivity contribution is 6.30. The summed E-state index contributed by atoms with van der Waals surface area (Å²) in [5, 5.41) is 3.83. The first kappa shape index (κ1) is 17.1. The zero-order valence-electron chi connectivity index (χ0n) is 13.7. The number of hydrogen-bond acceptors (Lipinski definition) is 3. The molecule has 2 rings (SSSR count). The fourth-order valence-electron chi connectivity index (χ4n) is 2.65. The first-order valence-electron chi connectivity index (χ1n) is 8.06. The van der Waals surface area contributed by atoms with Crippen LogP contribution in [-0.4, -0.2) is 49.1 Å². The third-order valence-corrected chi connectivity index (χ3v) is 4.69. The monoisotopic (exact) mass is 323 g/mol. The number of hydrogen-bond donors (Lipinski definition) is 1. The number of amides is 1. The van der Waals surface area contributed by atoms with Crippen molar-refractivity contribution in [3.8, 4) is 0 Å². The molecule has 122 valence electrons. The summed E-state index contributed by atoms with van der Waals surface area (Å²) in [4.78, 5) is 16.8. The Labute approximate surface area is 138 Å². The van der Waals surface area contributed by atoms with Gasteiger partial charge in [-0.15, -0.1) is 0 Å². The van der Waals surface area contributed by atoms with E-state index in [2.05, 4.69) is 34.2 Å². The van der Waals surface area contributed by atoms with E-state index in [1.165, 1.54) is 5.69 Å². The van der Waals surface area contributed by atoms with Crippen molar-refractivity contribution >= 4 is 23.2 Å². The minimum atomic E-state index is -0.0682. The number of halogens is 1. The predicted octanol–water partition coefficient (Wildman–Crippen LogP) is 2.77. The standard InChI is InChI=1S/C17H26ClN3O/c1-4-13(2)19-17(22)14(3)20-9-11-21(12-10-20)16-7-5-15(18)6-8-16/h5-8,13-14H,4,9-12H2,1-3H3,(H,19,22)/t13-,14+/m0/s1. The minimum absolute atomic E-state index is 0.0682. The summed E-state index contributed by atoms with van der Waals surface area (Å²) in [5.41, 5.74) is 1.20. The van der Waals surface area contributed by atoms with Gasteiger partial charge in [0.2, 0.25) is 5.91 Å². The first-order chi connectivity index (χ1) is 10.5. The Balaban J connectivity index is 1.86. The Morgan fingerprint density at radius 3 is 2.32 bits per heavy atom. The van der Waals surface area contributed by atoms with Gasteiger partial charge in [-0.3, -0.25) is 9.69 Å². The molecule has 0 bridgehead atoms. The van der Waals surface area contributed by atoms with E-state index in [1.807, 2.05) is 26.0 Å². The summed E-state index contributed by atoms with van der Waals surface area (Å²) in [6, 6.07) is 8.12. The van der Waals surface area contributed by atoms with E-state index in [9.17, 15) is 4.79 Å². The van der Waals surface area contributed by atoms with Crippen LogP contribution < -0.4 is 10.2 Å². The largest absolute Gasteiger partial charge is 0.369 e. The second kappa shape index (κ2) is 7.84. The molecule has 0 aromatic heterocycles. The Hall–Kier alpha value is -1.26. The maximum atomic E-state index is 12.2. The highest BCUT2D eigenvalue weighted by atomic mass is 35.5. The quantitative estimate of drug-likeness (QED) is 0.905. The molecule has 4 nitrogen and oxygen atoms in total. The average Bonchev–Trinajstić information content (AvgIpc) is 2.55. The lowest BCUT2D eigenvalue weighted by Gasteiger charge is -2.38. The molecule has 1 aromatic carbocycles. The Kier molecular flexibility index (Phi) is 6.09. The molecule has 0 aliphatic carbocycles. The zero-order valence-corrected chi connectivity index (χ0v) is 14.4. The maximum Gasteiger partial charge on any atom is 0.237 e. The van der Waals surface area contributed by atoms with Gasteiger partial charge in [-0.05, 0) is 44.5 Å². The number of anilines is 1. The van der Waals surface area contributed by atoms with Crippen LogP contribution in [0.4, 0.5) is 5.69 Å². The number of carbonyl (C=O) groups excluding carboxylic acids is 1. The van der Waals surface area contributed by atoms with Gasteiger partial charge >= 0.3 is 0 Å². The number of nitrogens with one attached hydrogen (secondary N) is 1. The van der Waals surface area contributed by atoms with Gasteiger partial charge in [0.25, 0.3) is 0 Å². The molecule has 0 saturated carbocycles. The van der Waals surface area contributed by atoms with E-state index < -0.39 is 0 Å². The van der Waals surface area contributed by atoms with E-state index >= 15 is 0 Å². The number of rotatable bonds is 5. The predicted molar refractivity (Wildman–Crippen MR) is 92.6 cm³/mol. The Bertz CT molecular complexity index is 483. The summed E-state index contributed by atoms with van der Waals surface area (Å²) < 4.78 is 0. The normalized spacial score (nSPS) is 18.8. The van der Waals surface area contributed by atoms with Crippen LogP contribution in [0.15, 0.2) is 24.3 Å². The number of benzene rings is 1. The zero-order chi connectivity index (χ0) is 16.1. The average molecular weight is 324 g/mol. The third-order valence-electron chi connectivity index (χ3n) is 4.43. The van der Waals surface area contributed by atoms with Crippen LogP contribution in [0.5, 0.6) is 0 Å². The minimum Gasteiger partial charge on any atom is -0.369 e. The molecule has 5 heteroatoms. The van der Waals surface area contributed by atoms with Crippen LogP contribution in [0.25, 0.3) is 0 Å². The van der Waals surface area contributed by atoms with Gasteiger partial charge in [-0.25, -0.2) is 0 Å². The molecule has 1 heterocycles. The van der Waals surface area contributed by atoms with E-state index in [0.29, 0.717) is 0 Å². The number of nitrogens with zero attached hydrogens (tertiary/aromatic N) is 2. The second-order valence-electron chi connectivity index (χ2n) is 5.99. The molecule has 1 fully saturated rings. The lowest BCUT2D eigenvalue weighted by atomic mass is 10.1. The number of piperazine rings is 1. The third kappa shape index (κ3) is 4.37. The molecule has 0 radical (unpaired) electrons. The van der Waals surface area contributed by atoms with E-state index in [-0.39, 0.29) is 18.0 Å². The first-order valence-corrected chi connectivity index (χ1v) is 8.44. The molecule has 1 aliphatic rings. The smallest absolute Gasteiger partial charge is 0.237 e. The fourth-order valence-corrected chi connectivity index (χ4v) is 2.78. The molecule has 0 unspecified atom stereocenters. The van der Waals surface area contributed by atoms with Gasteiger partial charge in [0, 0.05) is 42.9 Å². The van der Waals surface area contributed by atoms with Crippen LogP contribution in [0.3, 0.4) is 0 Å². The molecular formula is C17H26ClN3O. The summed E-state index contributed by atoms with van der Waals surface area (Å²) in [6.45, 7) is 9.79. The summed E-state index contributed by atoms with van der Waals surface area (Å²) >= 11 is 5.93. The molecule has 0 spiro atoms. The van der Waals surface area contributed by atoms with Crippen LogP contribution in [0.1, 0.15) is 27.2 Å². The van der Waals surface area contributed by atoms with Crippen molar-refractivity contribution < 1.29 is 4.79 Å². The molecule has 1 aliphatic heterocycles. The maximum absolute atomic E-state index is 12.2. The van der Waals surface area contributed by atoms with Gasteiger partial charge in [0.15, 0.2) is 0 Å². The van der Waals surface area contributed by atoms with Crippen molar-refractivity contribution in [2.75, 3.05) is 31.1 Å². The summed E-state index contributed by atoms with van der Waals surface area (Å²) in [6.07, 6.45) is 0.961. The van der Waals surface area contributed by atoms with Gasteiger partial charge < -0.3 is 10.2 Å². The van der Waals surface area contributed by atoms with Crippen LogP contribution in [0.2, 0.25) is 5.02 Å². The highest BCUT2D eigenvalue weighted by Crippen LogP contribution is 2.20. The number of carbonyl (C=O) groups is 1. The molecule has 1 saturated heterocycles. The lowest BCUT2D eigenvalue weighted by molar-refractivity contribution is -0.126. The van der Waals surface area contributed by atoms with Gasteiger partial charge in [-0.1, -0.05) is 18.5 Å². The van der Waals surface area contributed by atoms with Crippen LogP contribution in [0, 0.1) is 0 Å². The van der Waals surface area contributed by atoms with Crippen molar-refractivity contribution in [2.45, 2.75) is 39.3 Å². The molecular weight excluding hydrogens is 298 g/mol. The molecule has 1 N–H and O–H groups in total. The van der Waals surface area contributed by atoms with Gasteiger partial charge in [0.05, 0.1) is 6.04 Å². The topological polar surface area (TPSA) is 35.6 Å². The highest BCUT2D eigenvalue weighted by Gasteiger charge is 2.26. The fraction of sp³-hybridized carbons (Fsp3) is 0.588. The van der Waals surface area contributed by atoms with Gasteiger partial charge in [-0.2, -0.15) is 0 Å². The second-order valence-corrected chi connectivity index (χ2v) is 6.43. The van der Waals surface area contributed by atoms with Gasteiger partial charge in [0.1, 0.15) is 0 Å². The van der Waals surface area contributed by atoms with Crippen molar-refractivity contribution in [3.63, 3.8) is 0 Å². The lowest BCUT2D eigenvalue weighted by Crippen LogP contribution is -2.54. The molecule has 2 atom stereocenters. The van der Waals surface area contributed by atoms with Crippen molar-refractivity contribution in [1.82, 2.24) is 10.2 Å². The van der Waals surface area contributed by atoms with Crippen LogP contribution >= 0.6 is 11.6 Å². The molecule has 1 aromatic rings. The molecule has 22 heavy (non-hydrogen) atoms. The van der Waals surface area contributed by atoms with Crippen molar-refractivity contribution in [2.24, 2.45) is 0 Å². The van der Waals surface area contributed by atoms with Crippen LogP contribution in [-0.2, 0) is 4.79 Å². The molecule has 1 amide bonds. The SMILES string of the molecule is CC[C@H](C)NC(=O)[C@@H](C)N1CCN(c2ccc(Cl)cc2)CC1. The Morgan fingerprint density at radius 2 is 1.77 bits per heavy atom. The van der Waals surface area contributed by atoms with E-state index in [1.54, 1.807) is 0 Å². The van der Waals surface area contributed by atoms with E-state index in [0.717, 1.165) is 37.6 Å². The van der Waals surface area contributed by atoms with E-state index in [4.69, 9.17) is 11.6 Å². The summed E-state index contributed by atoms with van der Waals surface area (Å²) in [7, 11) is 0.